The van der Waals surface area contributed by atoms with Gasteiger partial charge in [0.1, 0.15) is 5.75 Å². The van der Waals surface area contributed by atoms with Crippen LogP contribution in [0.2, 0.25) is 0 Å². The van der Waals surface area contributed by atoms with Gasteiger partial charge in [-0.3, -0.25) is 0 Å². The van der Waals surface area contributed by atoms with Gasteiger partial charge in [-0.05, 0) is 40.5 Å². The van der Waals surface area contributed by atoms with Crippen molar-refractivity contribution >= 4 is 15.9 Å². The van der Waals surface area contributed by atoms with E-state index < -0.39 is 0 Å². The van der Waals surface area contributed by atoms with Gasteiger partial charge in [-0.25, -0.2) is 0 Å². The van der Waals surface area contributed by atoms with E-state index in [2.05, 4.69) is 26.1 Å². The Morgan fingerprint density at radius 2 is 1.86 bits per heavy atom. The lowest BCUT2D eigenvalue weighted by Gasteiger charge is -2.04. The summed E-state index contributed by atoms with van der Waals surface area (Å²) >= 11 is 3.43. The van der Waals surface area contributed by atoms with Crippen molar-refractivity contribution in [3.8, 4) is 17.1 Å². The Kier molecular flexibility index (Phi) is 4.01. The summed E-state index contributed by atoms with van der Waals surface area (Å²) in [6.45, 7) is 2.25. The van der Waals surface area contributed by atoms with Gasteiger partial charge in [0.05, 0.1) is 4.47 Å². The van der Waals surface area contributed by atoms with Crippen molar-refractivity contribution in [3.05, 3.63) is 64.5 Å². The van der Waals surface area contributed by atoms with Crippen LogP contribution in [0.5, 0.6) is 5.75 Å². The average Bonchev–Trinajstić information content (AvgIpc) is 2.96. The summed E-state index contributed by atoms with van der Waals surface area (Å²) in [4.78, 5) is 4.37. The summed E-state index contributed by atoms with van der Waals surface area (Å²) in [5, 5.41) is 4.00. The predicted octanol–water partition coefficient (Wildman–Crippen LogP) is 4.39. The quantitative estimate of drug-likeness (QED) is 0.704. The number of aromatic nitrogens is 2. The first-order chi connectivity index (χ1) is 10.2. The Bertz CT molecular complexity index is 755. The predicted molar refractivity (Wildman–Crippen MR) is 82.9 cm³/mol. The zero-order valence-electron chi connectivity index (χ0n) is 11.4. The Hall–Kier alpha value is -2.14. The molecule has 0 aliphatic heterocycles. The first-order valence-electron chi connectivity index (χ1n) is 6.50. The maximum absolute atomic E-state index is 5.66. The Balaban J connectivity index is 1.74. The van der Waals surface area contributed by atoms with Crippen molar-refractivity contribution in [3.63, 3.8) is 0 Å². The fourth-order valence-electron chi connectivity index (χ4n) is 1.95. The second-order valence-electron chi connectivity index (χ2n) is 4.55. The molecule has 0 bridgehead atoms. The lowest BCUT2D eigenvalue weighted by Crippen LogP contribution is -1.96. The summed E-state index contributed by atoms with van der Waals surface area (Å²) in [5.74, 6) is 1.77. The van der Waals surface area contributed by atoms with E-state index in [1.165, 1.54) is 0 Å². The van der Waals surface area contributed by atoms with Crippen LogP contribution in [0.25, 0.3) is 11.4 Å². The SMILES string of the molecule is Cc1ccccc1-c1noc(COc2ccccc2Br)n1. The summed E-state index contributed by atoms with van der Waals surface area (Å²) in [6, 6.07) is 15.6. The zero-order chi connectivity index (χ0) is 14.7. The van der Waals surface area contributed by atoms with Gasteiger partial charge in [0.15, 0.2) is 6.61 Å². The number of aryl methyl sites for hydroxylation is 1. The normalized spacial score (nSPS) is 10.6. The average molecular weight is 345 g/mol. The van der Waals surface area contributed by atoms with E-state index in [0.29, 0.717) is 11.7 Å². The lowest BCUT2D eigenvalue weighted by atomic mass is 10.1. The molecule has 1 heterocycles. The molecule has 0 atom stereocenters. The highest BCUT2D eigenvalue weighted by molar-refractivity contribution is 9.10. The Labute approximate surface area is 130 Å². The van der Waals surface area contributed by atoms with Crippen LogP contribution in [0.15, 0.2) is 57.5 Å². The molecular formula is C16H13BrN2O2. The number of ether oxygens (including phenoxy) is 1. The molecule has 0 N–H and O–H groups in total. The molecule has 0 spiro atoms. The topological polar surface area (TPSA) is 48.2 Å². The first kappa shape index (κ1) is 13.8. The van der Waals surface area contributed by atoms with E-state index in [4.69, 9.17) is 9.26 Å². The van der Waals surface area contributed by atoms with Crippen LogP contribution in [0, 0.1) is 6.92 Å². The van der Waals surface area contributed by atoms with Crippen molar-refractivity contribution in [2.24, 2.45) is 0 Å². The van der Waals surface area contributed by atoms with Crippen LogP contribution in [0.4, 0.5) is 0 Å². The highest BCUT2D eigenvalue weighted by Gasteiger charge is 2.11. The number of benzene rings is 2. The number of halogens is 1. The van der Waals surface area contributed by atoms with Crippen LogP contribution in [-0.2, 0) is 6.61 Å². The summed E-state index contributed by atoms with van der Waals surface area (Å²) < 4.78 is 11.8. The maximum atomic E-state index is 5.66. The lowest BCUT2D eigenvalue weighted by molar-refractivity contribution is 0.242. The van der Waals surface area contributed by atoms with Crippen molar-refractivity contribution < 1.29 is 9.26 Å². The minimum Gasteiger partial charge on any atom is -0.483 e. The van der Waals surface area contributed by atoms with Gasteiger partial charge in [-0.2, -0.15) is 4.98 Å². The number of hydrogen-bond acceptors (Lipinski definition) is 4. The largest absolute Gasteiger partial charge is 0.483 e. The van der Waals surface area contributed by atoms with Crippen molar-refractivity contribution in [1.29, 1.82) is 0 Å². The molecule has 21 heavy (non-hydrogen) atoms. The molecule has 0 fully saturated rings. The molecule has 106 valence electrons. The van der Waals surface area contributed by atoms with E-state index in [1.54, 1.807) is 0 Å². The van der Waals surface area contributed by atoms with E-state index in [0.717, 1.165) is 21.3 Å². The number of nitrogens with zero attached hydrogens (tertiary/aromatic N) is 2. The van der Waals surface area contributed by atoms with E-state index in [9.17, 15) is 0 Å². The molecule has 1 aromatic heterocycles. The third-order valence-corrected chi connectivity index (χ3v) is 3.70. The highest BCUT2D eigenvalue weighted by Crippen LogP contribution is 2.25. The smallest absolute Gasteiger partial charge is 0.264 e. The highest BCUT2D eigenvalue weighted by atomic mass is 79.9. The maximum Gasteiger partial charge on any atom is 0.264 e. The third kappa shape index (κ3) is 3.13. The van der Waals surface area contributed by atoms with Gasteiger partial charge in [0, 0.05) is 5.56 Å². The molecule has 0 saturated heterocycles. The van der Waals surface area contributed by atoms with E-state index in [-0.39, 0.29) is 6.61 Å². The molecule has 0 aliphatic carbocycles. The molecule has 2 aromatic carbocycles. The van der Waals surface area contributed by atoms with E-state index in [1.807, 2.05) is 55.5 Å². The molecule has 0 radical (unpaired) electrons. The van der Waals surface area contributed by atoms with Gasteiger partial charge < -0.3 is 9.26 Å². The monoisotopic (exact) mass is 344 g/mol. The second-order valence-corrected chi connectivity index (χ2v) is 5.40. The van der Waals surface area contributed by atoms with Gasteiger partial charge in [-0.15, -0.1) is 0 Å². The molecule has 0 saturated carbocycles. The summed E-state index contributed by atoms with van der Waals surface area (Å²) in [7, 11) is 0. The molecule has 3 aromatic rings. The third-order valence-electron chi connectivity index (χ3n) is 3.04. The summed E-state index contributed by atoms with van der Waals surface area (Å²) in [5.41, 5.74) is 2.07. The van der Waals surface area contributed by atoms with E-state index >= 15 is 0 Å². The Morgan fingerprint density at radius 1 is 1.10 bits per heavy atom. The fraction of sp³-hybridized carbons (Fsp3) is 0.125. The minimum absolute atomic E-state index is 0.238. The Morgan fingerprint density at radius 3 is 2.67 bits per heavy atom. The van der Waals surface area contributed by atoms with Gasteiger partial charge in [-0.1, -0.05) is 41.6 Å². The standard InChI is InChI=1S/C16H13BrN2O2/c1-11-6-2-3-7-12(11)16-18-15(21-19-16)10-20-14-9-5-4-8-13(14)17/h2-9H,10H2,1H3. The molecule has 3 rings (SSSR count). The van der Waals surface area contributed by atoms with Crippen LogP contribution in [0.3, 0.4) is 0 Å². The van der Waals surface area contributed by atoms with Gasteiger partial charge in [0.25, 0.3) is 5.89 Å². The van der Waals surface area contributed by atoms with Gasteiger partial charge in [0.2, 0.25) is 5.82 Å². The van der Waals surface area contributed by atoms with Crippen LogP contribution < -0.4 is 4.74 Å². The molecular weight excluding hydrogens is 332 g/mol. The molecule has 0 aliphatic rings. The zero-order valence-corrected chi connectivity index (χ0v) is 13.0. The van der Waals surface area contributed by atoms with Crippen LogP contribution in [0.1, 0.15) is 11.5 Å². The van der Waals surface area contributed by atoms with Crippen LogP contribution in [-0.4, -0.2) is 10.1 Å². The second kappa shape index (κ2) is 6.10. The fourth-order valence-corrected chi connectivity index (χ4v) is 2.35. The minimum atomic E-state index is 0.238. The first-order valence-corrected chi connectivity index (χ1v) is 7.29. The van der Waals surface area contributed by atoms with Crippen LogP contribution >= 0.6 is 15.9 Å². The molecule has 4 nitrogen and oxygen atoms in total. The van der Waals surface area contributed by atoms with Crippen molar-refractivity contribution in [2.75, 3.05) is 0 Å². The summed E-state index contributed by atoms with van der Waals surface area (Å²) in [6.07, 6.45) is 0. The van der Waals surface area contributed by atoms with Gasteiger partial charge >= 0.3 is 0 Å². The number of rotatable bonds is 4. The molecule has 5 heteroatoms. The van der Waals surface area contributed by atoms with Crippen molar-refractivity contribution in [1.82, 2.24) is 10.1 Å². The number of hydrogen-bond donors (Lipinski definition) is 0. The molecule has 0 unspecified atom stereocenters. The molecule has 0 amide bonds. The van der Waals surface area contributed by atoms with Crippen molar-refractivity contribution in [2.45, 2.75) is 13.5 Å². The number of para-hydroxylation sites is 1.